The molecule has 0 atom stereocenters. The smallest absolute Gasteiger partial charge is 0.419 e. The standard InChI is InChI=1S/C8H5F4NO3/c1-16-7-3-5(9)4(8(10,11)12)2-6(7)13(14)15/h2-3H,1H3. The molecule has 0 aliphatic heterocycles. The summed E-state index contributed by atoms with van der Waals surface area (Å²) in [7, 11) is 0.995. The Balaban J connectivity index is 3.45. The molecule has 16 heavy (non-hydrogen) atoms. The van der Waals surface area contributed by atoms with E-state index in [1.54, 1.807) is 0 Å². The third kappa shape index (κ3) is 2.20. The summed E-state index contributed by atoms with van der Waals surface area (Å²) in [6.45, 7) is 0. The minimum Gasteiger partial charge on any atom is -0.490 e. The highest BCUT2D eigenvalue weighted by Crippen LogP contribution is 2.37. The Morgan fingerprint density at radius 2 is 1.94 bits per heavy atom. The normalized spacial score (nSPS) is 11.3. The molecule has 0 bridgehead atoms. The first-order chi connectivity index (χ1) is 7.27. The van der Waals surface area contributed by atoms with E-state index in [0.717, 1.165) is 7.11 Å². The molecule has 1 rings (SSSR count). The average molecular weight is 239 g/mol. The summed E-state index contributed by atoms with van der Waals surface area (Å²) >= 11 is 0. The summed E-state index contributed by atoms with van der Waals surface area (Å²) < 4.78 is 54.0. The molecule has 1 aromatic rings. The molecule has 4 nitrogen and oxygen atoms in total. The van der Waals surface area contributed by atoms with Crippen LogP contribution in [-0.2, 0) is 6.18 Å². The Hall–Kier alpha value is -1.86. The Labute approximate surface area is 86.6 Å². The lowest BCUT2D eigenvalue weighted by Crippen LogP contribution is -2.09. The van der Waals surface area contributed by atoms with Crippen molar-refractivity contribution in [3.05, 3.63) is 33.6 Å². The van der Waals surface area contributed by atoms with Gasteiger partial charge in [0.25, 0.3) is 0 Å². The Kier molecular flexibility index (Phi) is 3.02. The molecule has 0 saturated heterocycles. The predicted molar refractivity (Wildman–Crippen MR) is 44.6 cm³/mol. The molecule has 88 valence electrons. The molecule has 0 spiro atoms. The van der Waals surface area contributed by atoms with Gasteiger partial charge in [-0.05, 0) is 0 Å². The Morgan fingerprint density at radius 3 is 2.31 bits per heavy atom. The number of methoxy groups -OCH3 is 1. The first-order valence-electron chi connectivity index (χ1n) is 3.86. The first kappa shape index (κ1) is 12.2. The summed E-state index contributed by atoms with van der Waals surface area (Å²) in [6, 6.07) is 0.440. The van der Waals surface area contributed by atoms with Crippen LogP contribution in [-0.4, -0.2) is 12.0 Å². The molecule has 0 heterocycles. The van der Waals surface area contributed by atoms with E-state index in [0.29, 0.717) is 6.07 Å². The number of alkyl halides is 3. The molecule has 0 saturated carbocycles. The zero-order valence-electron chi connectivity index (χ0n) is 7.84. The fourth-order valence-electron chi connectivity index (χ4n) is 1.07. The van der Waals surface area contributed by atoms with Crippen molar-refractivity contribution in [1.82, 2.24) is 0 Å². The van der Waals surface area contributed by atoms with Crippen LogP contribution in [0.4, 0.5) is 23.2 Å². The Morgan fingerprint density at radius 1 is 1.38 bits per heavy atom. The second kappa shape index (κ2) is 3.95. The molecule has 1 aromatic carbocycles. The van der Waals surface area contributed by atoms with Crippen LogP contribution in [0.2, 0.25) is 0 Å². The number of nitrogens with zero attached hydrogens (tertiary/aromatic N) is 1. The topological polar surface area (TPSA) is 52.4 Å². The maximum atomic E-state index is 13.0. The molecular weight excluding hydrogens is 234 g/mol. The van der Waals surface area contributed by atoms with Gasteiger partial charge in [-0.25, -0.2) is 4.39 Å². The molecule has 0 unspecified atom stereocenters. The van der Waals surface area contributed by atoms with Crippen molar-refractivity contribution in [2.45, 2.75) is 6.18 Å². The molecule has 0 aliphatic rings. The van der Waals surface area contributed by atoms with E-state index in [4.69, 9.17) is 0 Å². The fraction of sp³-hybridized carbons (Fsp3) is 0.250. The van der Waals surface area contributed by atoms with E-state index in [2.05, 4.69) is 4.74 Å². The lowest BCUT2D eigenvalue weighted by atomic mass is 10.1. The van der Waals surface area contributed by atoms with Crippen molar-refractivity contribution in [2.24, 2.45) is 0 Å². The van der Waals surface area contributed by atoms with Gasteiger partial charge < -0.3 is 4.74 Å². The number of hydrogen-bond acceptors (Lipinski definition) is 3. The van der Waals surface area contributed by atoms with E-state index >= 15 is 0 Å². The van der Waals surface area contributed by atoms with Gasteiger partial charge >= 0.3 is 11.9 Å². The maximum Gasteiger partial charge on any atom is 0.419 e. The lowest BCUT2D eigenvalue weighted by Gasteiger charge is -2.09. The van der Waals surface area contributed by atoms with E-state index in [9.17, 15) is 27.7 Å². The van der Waals surface area contributed by atoms with Gasteiger partial charge in [0.05, 0.1) is 17.6 Å². The van der Waals surface area contributed by atoms with Crippen LogP contribution in [0.15, 0.2) is 12.1 Å². The summed E-state index contributed by atoms with van der Waals surface area (Å²) in [6.07, 6.45) is -4.99. The van der Waals surface area contributed by atoms with Gasteiger partial charge in [0, 0.05) is 12.1 Å². The monoisotopic (exact) mass is 239 g/mol. The zero-order valence-corrected chi connectivity index (χ0v) is 7.84. The van der Waals surface area contributed by atoms with E-state index in [-0.39, 0.29) is 6.07 Å². The van der Waals surface area contributed by atoms with Gasteiger partial charge in [-0.1, -0.05) is 0 Å². The third-order valence-electron chi connectivity index (χ3n) is 1.77. The SMILES string of the molecule is COc1cc(F)c(C(F)(F)F)cc1[N+](=O)[O-]. The van der Waals surface area contributed by atoms with Crippen LogP contribution in [0.3, 0.4) is 0 Å². The summed E-state index contributed by atoms with van der Waals surface area (Å²) in [5.74, 6) is -2.18. The van der Waals surface area contributed by atoms with Crippen molar-refractivity contribution in [1.29, 1.82) is 0 Å². The van der Waals surface area contributed by atoms with Crippen LogP contribution in [0, 0.1) is 15.9 Å². The number of nitro groups is 1. The quantitative estimate of drug-likeness (QED) is 0.453. The molecule has 0 aromatic heterocycles. The molecule has 0 amide bonds. The van der Waals surface area contributed by atoms with Crippen molar-refractivity contribution in [3.8, 4) is 5.75 Å². The highest BCUT2D eigenvalue weighted by Gasteiger charge is 2.37. The first-order valence-corrected chi connectivity index (χ1v) is 3.86. The third-order valence-corrected chi connectivity index (χ3v) is 1.77. The number of nitro benzene ring substituents is 1. The molecule has 0 radical (unpaired) electrons. The van der Waals surface area contributed by atoms with Gasteiger partial charge in [-0.2, -0.15) is 13.2 Å². The maximum absolute atomic E-state index is 13.0. The van der Waals surface area contributed by atoms with E-state index in [1.165, 1.54) is 0 Å². The largest absolute Gasteiger partial charge is 0.490 e. The van der Waals surface area contributed by atoms with Crippen LogP contribution >= 0.6 is 0 Å². The van der Waals surface area contributed by atoms with Crippen molar-refractivity contribution < 1.29 is 27.2 Å². The van der Waals surface area contributed by atoms with Crippen molar-refractivity contribution in [3.63, 3.8) is 0 Å². The van der Waals surface area contributed by atoms with Crippen LogP contribution < -0.4 is 4.74 Å². The highest BCUT2D eigenvalue weighted by molar-refractivity contribution is 5.50. The zero-order chi connectivity index (χ0) is 12.5. The van der Waals surface area contributed by atoms with Gasteiger partial charge in [0.1, 0.15) is 5.82 Å². The summed E-state index contributed by atoms with van der Waals surface area (Å²) in [5.41, 5.74) is -2.63. The van der Waals surface area contributed by atoms with Crippen LogP contribution in [0.25, 0.3) is 0 Å². The second-order valence-corrected chi connectivity index (χ2v) is 2.76. The molecule has 0 aliphatic carbocycles. The van der Waals surface area contributed by atoms with Gasteiger partial charge in [-0.15, -0.1) is 0 Å². The van der Waals surface area contributed by atoms with Crippen molar-refractivity contribution >= 4 is 5.69 Å². The lowest BCUT2D eigenvalue weighted by molar-refractivity contribution is -0.386. The number of rotatable bonds is 2. The fourth-order valence-corrected chi connectivity index (χ4v) is 1.07. The van der Waals surface area contributed by atoms with Crippen molar-refractivity contribution in [2.75, 3.05) is 7.11 Å². The minimum absolute atomic E-state index is 0.105. The summed E-state index contributed by atoms with van der Waals surface area (Å²) in [5, 5.41) is 10.4. The second-order valence-electron chi connectivity index (χ2n) is 2.76. The average Bonchev–Trinajstić information content (AvgIpc) is 2.14. The van der Waals surface area contributed by atoms with E-state index < -0.39 is 33.9 Å². The molecule has 0 N–H and O–H groups in total. The minimum atomic E-state index is -4.99. The van der Waals surface area contributed by atoms with Crippen LogP contribution in [0.5, 0.6) is 5.75 Å². The molecular formula is C8H5F4NO3. The molecule has 0 fully saturated rings. The van der Waals surface area contributed by atoms with E-state index in [1.807, 2.05) is 0 Å². The number of halogens is 4. The Bertz CT molecular complexity index is 430. The van der Waals surface area contributed by atoms with Gasteiger partial charge in [0.2, 0.25) is 0 Å². The highest BCUT2D eigenvalue weighted by atomic mass is 19.4. The number of ether oxygens (including phenoxy) is 1. The van der Waals surface area contributed by atoms with Gasteiger partial charge in [-0.3, -0.25) is 10.1 Å². The number of benzene rings is 1. The predicted octanol–water partition coefficient (Wildman–Crippen LogP) is 2.76. The van der Waals surface area contributed by atoms with Gasteiger partial charge in [0.15, 0.2) is 5.75 Å². The number of hydrogen-bond donors (Lipinski definition) is 0. The van der Waals surface area contributed by atoms with Crippen LogP contribution in [0.1, 0.15) is 5.56 Å². The molecule has 8 heteroatoms. The summed E-state index contributed by atoms with van der Waals surface area (Å²) in [4.78, 5) is 9.33.